The first kappa shape index (κ1) is 33.5. The summed E-state index contributed by atoms with van der Waals surface area (Å²) in [5, 5.41) is 29.6. The Bertz CT molecular complexity index is 1100. The monoisotopic (exact) mass is 575 g/mol. The van der Waals surface area contributed by atoms with E-state index < -0.39 is 40.9 Å². The highest BCUT2D eigenvalue weighted by atomic mass is 17.0. The molecule has 2 N–H and O–H groups in total. The van der Waals surface area contributed by atoms with E-state index in [2.05, 4.69) is 6.58 Å². The fourth-order valence-corrected chi connectivity index (χ4v) is 5.05. The first-order chi connectivity index (χ1) is 19.5. The number of carbonyl (C=O) groups excluding carboxylic acids is 2. The number of allylic oxidation sites excluding steroid dienone is 2. The van der Waals surface area contributed by atoms with E-state index in [1.54, 1.807) is 18.2 Å². The van der Waals surface area contributed by atoms with Crippen LogP contribution in [0.5, 0.6) is 0 Å². The average Bonchev–Trinajstić information content (AvgIpc) is 2.92. The number of unbranched alkanes of at least 4 members (excludes halogenated alkanes) is 3. The second-order valence-corrected chi connectivity index (χ2v) is 10.3. The fraction of sp³-hybridized carbons (Fsp3) is 0.567. The minimum Gasteiger partial charge on any atom is -0.481 e. The van der Waals surface area contributed by atoms with E-state index >= 15 is 0 Å². The fourth-order valence-electron chi connectivity index (χ4n) is 5.05. The number of carbonyl (C=O) groups is 3. The quantitative estimate of drug-likeness (QED) is 0.0801. The Morgan fingerprint density at radius 2 is 1.88 bits per heavy atom. The van der Waals surface area contributed by atoms with E-state index in [0.717, 1.165) is 37.7 Å². The molecule has 0 saturated heterocycles. The smallest absolute Gasteiger partial charge is 0.315 e. The van der Waals surface area contributed by atoms with Crippen molar-refractivity contribution in [1.82, 2.24) is 0 Å². The highest BCUT2D eigenvalue weighted by Gasteiger charge is 2.38. The molecular weight excluding hydrogens is 534 g/mol. The SMILES string of the molecule is C=C(C)C(C(=O)OCCCCCCO)C(CC(C(=O)O)c1ccc(COC(C)=O)cc1[C@@H]1C=CCCC1)O[N+](=O)[O-]. The Balaban J connectivity index is 2.40. The molecular formula is C30H41NO10. The van der Waals surface area contributed by atoms with E-state index in [4.69, 9.17) is 19.4 Å². The minimum absolute atomic E-state index is 0.0212. The molecule has 2 rings (SSSR count). The maximum absolute atomic E-state index is 13.0. The number of hydrogen-bond acceptors (Lipinski definition) is 9. The molecule has 226 valence electrons. The normalized spacial score (nSPS) is 16.7. The second kappa shape index (κ2) is 17.2. The van der Waals surface area contributed by atoms with Crippen LogP contribution in [0.3, 0.4) is 0 Å². The number of aliphatic carboxylic acids is 1. The van der Waals surface area contributed by atoms with Crippen LogP contribution in [0.4, 0.5) is 0 Å². The molecule has 41 heavy (non-hydrogen) atoms. The van der Waals surface area contributed by atoms with Gasteiger partial charge in [-0.25, -0.2) is 0 Å². The third kappa shape index (κ3) is 11.0. The van der Waals surface area contributed by atoms with Gasteiger partial charge >= 0.3 is 17.9 Å². The number of benzene rings is 1. The van der Waals surface area contributed by atoms with Crippen LogP contribution in [0.15, 0.2) is 42.5 Å². The molecule has 0 bridgehead atoms. The predicted octanol–water partition coefficient (Wildman–Crippen LogP) is 5.00. The van der Waals surface area contributed by atoms with Crippen molar-refractivity contribution in [2.45, 2.75) is 89.8 Å². The molecule has 0 fully saturated rings. The Morgan fingerprint density at radius 1 is 1.15 bits per heavy atom. The van der Waals surface area contributed by atoms with Gasteiger partial charge in [-0.2, -0.15) is 0 Å². The Labute approximate surface area is 240 Å². The zero-order chi connectivity index (χ0) is 30.4. The van der Waals surface area contributed by atoms with Crippen LogP contribution >= 0.6 is 0 Å². The van der Waals surface area contributed by atoms with E-state index in [1.165, 1.54) is 13.8 Å². The number of carboxylic acid groups (broad SMARTS) is 1. The maximum atomic E-state index is 13.0. The highest BCUT2D eigenvalue weighted by molar-refractivity contribution is 5.79. The number of ether oxygens (including phenoxy) is 2. The summed E-state index contributed by atoms with van der Waals surface area (Å²) in [4.78, 5) is 53.4. The van der Waals surface area contributed by atoms with Gasteiger partial charge in [-0.1, -0.05) is 48.9 Å². The van der Waals surface area contributed by atoms with Crippen LogP contribution in [0.2, 0.25) is 0 Å². The van der Waals surface area contributed by atoms with Crippen molar-refractivity contribution in [3.8, 4) is 0 Å². The number of nitrogens with zero attached hydrogens (tertiary/aromatic N) is 1. The molecule has 0 saturated carbocycles. The van der Waals surface area contributed by atoms with Crippen molar-refractivity contribution in [3.05, 3.63) is 69.3 Å². The summed E-state index contributed by atoms with van der Waals surface area (Å²) in [5.74, 6) is -5.06. The van der Waals surface area contributed by atoms with Crippen LogP contribution in [-0.2, 0) is 35.3 Å². The Kier molecular flexibility index (Phi) is 14.0. The lowest BCUT2D eigenvalue weighted by Crippen LogP contribution is -2.37. The summed E-state index contributed by atoms with van der Waals surface area (Å²) in [6, 6.07) is 5.10. The predicted molar refractivity (Wildman–Crippen MR) is 149 cm³/mol. The number of aliphatic hydroxyl groups is 1. The van der Waals surface area contributed by atoms with Crippen molar-refractivity contribution in [2.75, 3.05) is 13.2 Å². The molecule has 0 heterocycles. The Hall–Kier alpha value is -3.73. The number of hydrogen-bond donors (Lipinski definition) is 2. The molecule has 0 aromatic heterocycles. The molecule has 4 atom stereocenters. The molecule has 1 aliphatic rings. The van der Waals surface area contributed by atoms with Crippen LogP contribution in [-0.4, -0.2) is 52.5 Å². The number of rotatable bonds is 18. The van der Waals surface area contributed by atoms with Gasteiger partial charge in [-0.3, -0.25) is 14.4 Å². The summed E-state index contributed by atoms with van der Waals surface area (Å²) >= 11 is 0. The summed E-state index contributed by atoms with van der Waals surface area (Å²) in [7, 11) is 0. The highest BCUT2D eigenvalue weighted by Crippen LogP contribution is 2.38. The van der Waals surface area contributed by atoms with Gasteiger partial charge in [0.2, 0.25) is 0 Å². The lowest BCUT2D eigenvalue weighted by Gasteiger charge is -2.29. The number of aliphatic hydroxyl groups excluding tert-OH is 1. The van der Waals surface area contributed by atoms with Crippen LogP contribution in [0, 0.1) is 16.0 Å². The van der Waals surface area contributed by atoms with Crippen molar-refractivity contribution in [1.29, 1.82) is 0 Å². The molecule has 1 aliphatic carbocycles. The van der Waals surface area contributed by atoms with Gasteiger partial charge < -0.3 is 24.5 Å². The second-order valence-electron chi connectivity index (χ2n) is 10.3. The lowest BCUT2D eigenvalue weighted by molar-refractivity contribution is -0.770. The standard InChI is InChI=1S/C30H41NO10/c1-20(2)28(30(36)39-16-10-5-4-9-15-32)27(41-31(37)38)18-26(29(34)35)24-14-13-22(19-40-21(3)33)17-25(24)23-11-7-6-8-12-23/h7,11,13-14,17,23,26-28,32H,1,4-6,8-10,12,15-16,18-19H2,2-3H3,(H,34,35)/t23-,26?,27?,28?/m1/s1. The molecule has 1 aromatic rings. The maximum Gasteiger partial charge on any atom is 0.315 e. The van der Waals surface area contributed by atoms with Crippen molar-refractivity contribution in [3.63, 3.8) is 0 Å². The topological polar surface area (TPSA) is 162 Å². The van der Waals surface area contributed by atoms with E-state index in [-0.39, 0.29) is 37.7 Å². The summed E-state index contributed by atoms with van der Waals surface area (Å²) in [6.07, 6.45) is 7.47. The largest absolute Gasteiger partial charge is 0.481 e. The van der Waals surface area contributed by atoms with Gasteiger partial charge in [-0.15, -0.1) is 10.1 Å². The molecule has 11 nitrogen and oxygen atoms in total. The molecule has 0 aliphatic heterocycles. The minimum atomic E-state index is -1.46. The molecule has 1 aromatic carbocycles. The van der Waals surface area contributed by atoms with Gasteiger partial charge in [0.05, 0.1) is 12.5 Å². The number of carboxylic acids is 1. The summed E-state index contributed by atoms with van der Waals surface area (Å²) < 4.78 is 10.5. The average molecular weight is 576 g/mol. The van der Waals surface area contributed by atoms with Gasteiger partial charge in [0.25, 0.3) is 5.09 Å². The number of esters is 2. The van der Waals surface area contributed by atoms with Crippen molar-refractivity contribution >= 4 is 17.9 Å². The zero-order valence-corrected chi connectivity index (χ0v) is 23.8. The first-order valence-electron chi connectivity index (χ1n) is 13.9. The first-order valence-corrected chi connectivity index (χ1v) is 13.9. The molecule has 3 unspecified atom stereocenters. The summed E-state index contributed by atoms with van der Waals surface area (Å²) in [6.45, 7) is 6.80. The van der Waals surface area contributed by atoms with Gasteiger partial charge in [0, 0.05) is 19.4 Å². The molecule has 0 radical (unpaired) electrons. The third-order valence-corrected chi connectivity index (χ3v) is 7.06. The molecule has 0 spiro atoms. The van der Waals surface area contributed by atoms with Crippen LogP contribution in [0.25, 0.3) is 0 Å². The van der Waals surface area contributed by atoms with Crippen LogP contribution < -0.4 is 0 Å². The van der Waals surface area contributed by atoms with Gasteiger partial charge in [0.1, 0.15) is 18.6 Å². The zero-order valence-electron chi connectivity index (χ0n) is 23.8. The Morgan fingerprint density at radius 3 is 2.46 bits per heavy atom. The van der Waals surface area contributed by atoms with Gasteiger partial charge in [0.15, 0.2) is 0 Å². The van der Waals surface area contributed by atoms with E-state index in [0.29, 0.717) is 24.0 Å². The summed E-state index contributed by atoms with van der Waals surface area (Å²) in [5.41, 5.74) is 2.09. The lowest BCUT2D eigenvalue weighted by atomic mass is 9.79. The van der Waals surface area contributed by atoms with E-state index in [1.807, 2.05) is 12.2 Å². The van der Waals surface area contributed by atoms with Crippen molar-refractivity contribution < 1.29 is 44.0 Å². The van der Waals surface area contributed by atoms with Crippen LogP contribution in [0.1, 0.15) is 93.7 Å². The third-order valence-electron chi connectivity index (χ3n) is 7.06. The van der Waals surface area contributed by atoms with Gasteiger partial charge in [-0.05, 0) is 68.6 Å². The molecule has 0 amide bonds. The van der Waals surface area contributed by atoms with Crippen molar-refractivity contribution in [2.24, 2.45) is 5.92 Å². The van der Waals surface area contributed by atoms with E-state index in [9.17, 15) is 29.6 Å². The molecule has 11 heteroatoms.